The van der Waals surface area contributed by atoms with Crippen LogP contribution >= 0.6 is 0 Å². The molecule has 1 heteroatoms. The monoisotopic (exact) mass is 207 g/mol. The molecule has 1 aromatic rings. The van der Waals surface area contributed by atoms with Crippen LogP contribution in [-0.4, -0.2) is 6.10 Å². The predicted octanol–water partition coefficient (Wildman–Crippen LogP) is 4.42. The minimum atomic E-state index is -0.119. The second kappa shape index (κ2) is 7.33. The minimum Gasteiger partial charge on any atom is -0.491 e. The van der Waals surface area contributed by atoms with Gasteiger partial charge in [0.25, 0.3) is 0 Å². The van der Waals surface area contributed by atoms with Crippen LogP contribution in [0.15, 0.2) is 30.3 Å². The molecular formula is C14H22O. The van der Waals surface area contributed by atoms with Crippen molar-refractivity contribution in [1.82, 2.24) is 0 Å². The first-order chi connectivity index (χ1) is 7.74. The van der Waals surface area contributed by atoms with E-state index in [2.05, 4.69) is 6.92 Å². The number of hydrogen-bond donors (Lipinski definition) is 0. The molecule has 0 unspecified atom stereocenters. The van der Waals surface area contributed by atoms with Crippen molar-refractivity contribution in [2.45, 2.75) is 52.0 Å². The topological polar surface area (TPSA) is 9.23 Å². The Bertz CT molecular complexity index is 273. The summed E-state index contributed by atoms with van der Waals surface area (Å²) in [6, 6.07) is 9.76. The molecule has 1 nitrogen and oxygen atoms in total. The molecule has 0 spiro atoms. The van der Waals surface area contributed by atoms with E-state index in [0.717, 1.165) is 18.6 Å². The number of unbranched alkanes of at least 4 members (excludes halogenated alkanes) is 2. The largest absolute Gasteiger partial charge is 0.491 e. The summed E-state index contributed by atoms with van der Waals surface area (Å²) < 4.78 is 13.7. The van der Waals surface area contributed by atoms with Crippen molar-refractivity contribution in [3.05, 3.63) is 30.3 Å². The number of para-hydroxylation sites is 1. The molecule has 0 aliphatic heterocycles. The molecule has 0 aromatic heterocycles. The summed E-state index contributed by atoms with van der Waals surface area (Å²) in [7, 11) is 0. The zero-order valence-corrected chi connectivity index (χ0v) is 9.78. The van der Waals surface area contributed by atoms with Gasteiger partial charge < -0.3 is 4.74 Å². The Morgan fingerprint density at radius 1 is 1.20 bits per heavy atom. The van der Waals surface area contributed by atoms with E-state index in [4.69, 9.17) is 6.11 Å². The highest BCUT2D eigenvalue weighted by atomic mass is 16.5. The zero-order valence-electron chi connectivity index (χ0n) is 10.8. The van der Waals surface area contributed by atoms with E-state index in [1.807, 2.05) is 37.3 Å². The van der Waals surface area contributed by atoms with Crippen LogP contribution in [0.25, 0.3) is 0 Å². The third kappa shape index (κ3) is 5.46. The lowest BCUT2D eigenvalue weighted by Gasteiger charge is -2.14. The zero-order chi connectivity index (χ0) is 11.8. The highest BCUT2D eigenvalue weighted by molar-refractivity contribution is 5.21. The summed E-state index contributed by atoms with van der Waals surface area (Å²) in [5, 5.41) is 0. The predicted molar refractivity (Wildman–Crippen MR) is 65.3 cm³/mol. The SMILES string of the molecule is [2H][C@@H](CCCCC)[C@@H](C)Oc1ccccc1. The normalized spacial score (nSPS) is 15.5. The van der Waals surface area contributed by atoms with Crippen molar-refractivity contribution in [2.75, 3.05) is 0 Å². The molecule has 1 aromatic carbocycles. The summed E-state index contributed by atoms with van der Waals surface area (Å²) in [6.45, 7) is 4.17. The van der Waals surface area contributed by atoms with Gasteiger partial charge in [0.2, 0.25) is 0 Å². The van der Waals surface area contributed by atoms with Gasteiger partial charge in [-0.1, -0.05) is 44.4 Å². The van der Waals surface area contributed by atoms with Crippen LogP contribution in [0.2, 0.25) is 0 Å². The van der Waals surface area contributed by atoms with E-state index in [9.17, 15) is 0 Å². The molecule has 15 heavy (non-hydrogen) atoms. The molecule has 0 amide bonds. The maximum Gasteiger partial charge on any atom is 0.119 e. The fraction of sp³-hybridized carbons (Fsp3) is 0.571. The van der Waals surface area contributed by atoms with E-state index in [0.29, 0.717) is 0 Å². The van der Waals surface area contributed by atoms with Crippen LogP contribution in [0.5, 0.6) is 5.75 Å². The van der Waals surface area contributed by atoms with Crippen LogP contribution < -0.4 is 4.74 Å². The Morgan fingerprint density at radius 2 is 1.93 bits per heavy atom. The van der Waals surface area contributed by atoms with Gasteiger partial charge in [-0.2, -0.15) is 0 Å². The highest BCUT2D eigenvalue weighted by Crippen LogP contribution is 2.14. The summed E-state index contributed by atoms with van der Waals surface area (Å²) in [4.78, 5) is 0. The van der Waals surface area contributed by atoms with Gasteiger partial charge in [-0.05, 0) is 31.9 Å². The second-order valence-electron chi connectivity index (χ2n) is 3.87. The van der Waals surface area contributed by atoms with Crippen molar-refractivity contribution in [3.8, 4) is 5.75 Å². The van der Waals surface area contributed by atoms with Crippen LogP contribution in [0.1, 0.15) is 47.3 Å². The lowest BCUT2D eigenvalue weighted by Crippen LogP contribution is -2.11. The minimum absolute atomic E-state index is 0.0285. The lowest BCUT2D eigenvalue weighted by atomic mass is 10.1. The van der Waals surface area contributed by atoms with Gasteiger partial charge in [0.05, 0.1) is 6.10 Å². The molecular weight excluding hydrogens is 184 g/mol. The Hall–Kier alpha value is -0.980. The van der Waals surface area contributed by atoms with Gasteiger partial charge in [-0.25, -0.2) is 0 Å². The molecule has 0 bridgehead atoms. The van der Waals surface area contributed by atoms with Crippen LogP contribution in [0, 0.1) is 0 Å². The van der Waals surface area contributed by atoms with E-state index >= 15 is 0 Å². The molecule has 0 saturated carbocycles. The quantitative estimate of drug-likeness (QED) is 0.601. The van der Waals surface area contributed by atoms with E-state index in [1.165, 1.54) is 12.8 Å². The molecule has 0 fully saturated rings. The lowest BCUT2D eigenvalue weighted by molar-refractivity contribution is 0.206. The molecule has 0 saturated heterocycles. The van der Waals surface area contributed by atoms with Crippen LogP contribution in [-0.2, 0) is 0 Å². The van der Waals surface area contributed by atoms with Crippen molar-refractivity contribution >= 4 is 0 Å². The van der Waals surface area contributed by atoms with Crippen molar-refractivity contribution in [1.29, 1.82) is 0 Å². The molecule has 0 N–H and O–H groups in total. The Kier molecular flexibility index (Phi) is 5.15. The average Bonchev–Trinajstić information content (AvgIpc) is 2.30. The first-order valence-corrected chi connectivity index (χ1v) is 5.88. The molecule has 0 aliphatic carbocycles. The maximum absolute atomic E-state index is 7.98. The Morgan fingerprint density at radius 3 is 2.60 bits per heavy atom. The number of rotatable bonds is 7. The third-order valence-electron chi connectivity index (χ3n) is 2.37. The maximum atomic E-state index is 7.98. The van der Waals surface area contributed by atoms with E-state index in [-0.39, 0.29) is 12.5 Å². The summed E-state index contributed by atoms with van der Waals surface area (Å²) in [5.74, 6) is 0.864. The number of hydrogen-bond acceptors (Lipinski definition) is 1. The average molecular weight is 207 g/mol. The van der Waals surface area contributed by atoms with Crippen molar-refractivity contribution in [3.63, 3.8) is 0 Å². The molecule has 1 rings (SSSR count). The number of benzene rings is 1. The van der Waals surface area contributed by atoms with Gasteiger partial charge in [-0.15, -0.1) is 0 Å². The highest BCUT2D eigenvalue weighted by Gasteiger charge is 2.02. The molecule has 2 atom stereocenters. The van der Waals surface area contributed by atoms with Gasteiger partial charge in [0, 0.05) is 1.37 Å². The van der Waals surface area contributed by atoms with Gasteiger partial charge in [0.1, 0.15) is 5.75 Å². The Labute approximate surface area is 94.9 Å². The van der Waals surface area contributed by atoms with Crippen molar-refractivity contribution < 1.29 is 6.11 Å². The van der Waals surface area contributed by atoms with Gasteiger partial charge in [-0.3, -0.25) is 0 Å². The van der Waals surface area contributed by atoms with E-state index < -0.39 is 0 Å². The summed E-state index contributed by atoms with van der Waals surface area (Å²) in [5.41, 5.74) is 0. The van der Waals surface area contributed by atoms with E-state index in [1.54, 1.807) is 0 Å². The molecule has 84 valence electrons. The third-order valence-corrected chi connectivity index (χ3v) is 2.37. The summed E-state index contributed by atoms with van der Waals surface area (Å²) >= 11 is 0. The molecule has 0 heterocycles. The first kappa shape index (κ1) is 10.5. The Balaban J connectivity index is 2.31. The van der Waals surface area contributed by atoms with Gasteiger partial charge in [0.15, 0.2) is 0 Å². The number of ether oxygens (including phenoxy) is 1. The first-order valence-electron chi connectivity index (χ1n) is 6.45. The molecule has 0 aliphatic rings. The smallest absolute Gasteiger partial charge is 0.119 e. The summed E-state index contributed by atoms with van der Waals surface area (Å²) in [6.07, 6.45) is 4.34. The fourth-order valence-corrected chi connectivity index (χ4v) is 1.51. The fourth-order valence-electron chi connectivity index (χ4n) is 1.51. The standard InChI is InChI=1S/C14H22O/c1-3-4-5-7-10-13(2)15-14-11-8-6-9-12-14/h6,8-9,11-13H,3-5,7,10H2,1-2H3/t13-/m1/s1/i10D/t10-,13+/m0. The van der Waals surface area contributed by atoms with Gasteiger partial charge >= 0.3 is 0 Å². The van der Waals surface area contributed by atoms with Crippen LogP contribution in [0.3, 0.4) is 0 Å². The van der Waals surface area contributed by atoms with Crippen LogP contribution in [0.4, 0.5) is 0 Å². The second-order valence-corrected chi connectivity index (χ2v) is 3.87. The van der Waals surface area contributed by atoms with Crippen molar-refractivity contribution in [2.24, 2.45) is 0 Å². The molecule has 0 radical (unpaired) electrons.